The smallest absolute Gasteiger partial charge is 0.418 e. The molecule has 0 saturated carbocycles. The number of hydrogen-bond donors (Lipinski definition) is 3. The number of halogens is 3. The highest BCUT2D eigenvalue weighted by molar-refractivity contribution is 5.91. The molecule has 2 aromatic carbocycles. The largest absolute Gasteiger partial charge is 0.493 e. The minimum absolute atomic E-state index is 0.300. The molecule has 0 bridgehead atoms. The van der Waals surface area contributed by atoms with Crippen molar-refractivity contribution in [3.8, 4) is 5.75 Å². The van der Waals surface area contributed by atoms with Crippen LogP contribution in [0.5, 0.6) is 5.75 Å². The Bertz CT molecular complexity index is 1190. The molecule has 2 atom stereocenters. The number of alkyl halides is 3. The average Bonchev–Trinajstić information content (AvgIpc) is 2.77. The maximum Gasteiger partial charge on any atom is 0.418 e. The number of fused-ring (bicyclic) bond motifs is 2. The van der Waals surface area contributed by atoms with Crippen LogP contribution in [0.2, 0.25) is 0 Å². The third kappa shape index (κ3) is 4.44. The van der Waals surface area contributed by atoms with Crippen LogP contribution in [0.25, 0.3) is 10.9 Å². The van der Waals surface area contributed by atoms with E-state index < -0.39 is 30.2 Å². The average molecular weight is 460 g/mol. The number of aromatic amines is 1. The number of anilines is 1. The van der Waals surface area contributed by atoms with E-state index >= 15 is 0 Å². The van der Waals surface area contributed by atoms with Gasteiger partial charge in [0.1, 0.15) is 5.75 Å². The molecule has 2 unspecified atom stereocenters. The van der Waals surface area contributed by atoms with Gasteiger partial charge in [-0.15, -0.1) is 0 Å². The first-order chi connectivity index (χ1) is 15.7. The van der Waals surface area contributed by atoms with E-state index in [1.165, 1.54) is 6.07 Å². The van der Waals surface area contributed by atoms with Crippen LogP contribution in [0.4, 0.5) is 18.9 Å². The van der Waals surface area contributed by atoms with Crippen LogP contribution < -0.4 is 15.6 Å². The molecule has 33 heavy (non-hydrogen) atoms. The van der Waals surface area contributed by atoms with E-state index in [1.807, 2.05) is 6.92 Å². The molecule has 3 aromatic rings. The fourth-order valence-electron chi connectivity index (χ4n) is 4.94. The van der Waals surface area contributed by atoms with Crippen molar-refractivity contribution in [2.45, 2.75) is 49.8 Å². The van der Waals surface area contributed by atoms with Gasteiger partial charge in [0.05, 0.1) is 18.7 Å². The Balaban J connectivity index is 1.69. The third-order valence-corrected chi connectivity index (χ3v) is 6.52. The van der Waals surface area contributed by atoms with Crippen molar-refractivity contribution >= 4 is 16.6 Å². The van der Waals surface area contributed by atoms with Gasteiger partial charge in [0.2, 0.25) is 5.56 Å². The summed E-state index contributed by atoms with van der Waals surface area (Å²) in [7, 11) is 0. The van der Waals surface area contributed by atoms with Crippen molar-refractivity contribution in [2.75, 3.05) is 18.5 Å². The molecule has 4 rings (SSSR count). The molecule has 8 heteroatoms. The molecule has 1 aliphatic rings. The summed E-state index contributed by atoms with van der Waals surface area (Å²) in [6.07, 6.45) is -3.77. The molecule has 5 nitrogen and oxygen atoms in total. The number of rotatable bonds is 7. The third-order valence-electron chi connectivity index (χ3n) is 6.52. The minimum atomic E-state index is -4.85. The van der Waals surface area contributed by atoms with Crippen molar-refractivity contribution in [2.24, 2.45) is 0 Å². The van der Waals surface area contributed by atoms with E-state index in [2.05, 4.69) is 10.3 Å². The van der Waals surface area contributed by atoms with E-state index in [0.29, 0.717) is 53.8 Å². The van der Waals surface area contributed by atoms with Crippen molar-refractivity contribution < 1.29 is 23.0 Å². The van der Waals surface area contributed by atoms with Crippen molar-refractivity contribution in [1.29, 1.82) is 0 Å². The quantitative estimate of drug-likeness (QED) is 0.456. The lowest BCUT2D eigenvalue weighted by Gasteiger charge is -2.44. The van der Waals surface area contributed by atoms with Crippen LogP contribution in [-0.4, -0.2) is 35.0 Å². The second kappa shape index (κ2) is 8.74. The molecule has 0 amide bonds. The number of H-pyrrole nitrogens is 1. The number of para-hydroxylation sites is 1. The monoisotopic (exact) mass is 460 g/mol. The topological polar surface area (TPSA) is 74.4 Å². The lowest BCUT2D eigenvalue weighted by molar-refractivity contribution is -0.262. The number of ether oxygens (including phenoxy) is 1. The van der Waals surface area contributed by atoms with Crippen LogP contribution in [0.15, 0.2) is 59.4 Å². The van der Waals surface area contributed by atoms with Gasteiger partial charge in [-0.05, 0) is 43.5 Å². The molecule has 1 aliphatic heterocycles. The molecular formula is C25H27F3N2O3. The molecule has 0 aliphatic carbocycles. The Labute approximate surface area is 189 Å². The number of hydrogen-bond acceptors (Lipinski definition) is 4. The van der Waals surface area contributed by atoms with Crippen molar-refractivity contribution in [3.05, 3.63) is 70.5 Å². The van der Waals surface area contributed by atoms with E-state index in [-0.39, 0.29) is 5.56 Å². The van der Waals surface area contributed by atoms with E-state index in [4.69, 9.17) is 4.74 Å². The van der Waals surface area contributed by atoms with Gasteiger partial charge in [0.15, 0.2) is 5.60 Å². The molecular weight excluding hydrogens is 433 g/mol. The van der Waals surface area contributed by atoms with Crippen LogP contribution in [0.1, 0.15) is 38.2 Å². The first-order valence-electron chi connectivity index (χ1n) is 11.0. The second-order valence-electron chi connectivity index (χ2n) is 8.77. The highest BCUT2D eigenvalue weighted by Gasteiger charge is 2.58. The zero-order chi connectivity index (χ0) is 23.7. The Morgan fingerprint density at radius 1 is 1.12 bits per heavy atom. The maximum absolute atomic E-state index is 14.3. The zero-order valence-electron chi connectivity index (χ0n) is 18.3. The van der Waals surface area contributed by atoms with E-state index in [0.717, 1.165) is 0 Å². The Morgan fingerprint density at radius 2 is 1.91 bits per heavy atom. The summed E-state index contributed by atoms with van der Waals surface area (Å²) in [4.78, 5) is 14.3. The predicted octanol–water partition coefficient (Wildman–Crippen LogP) is 5.14. The van der Waals surface area contributed by atoms with Gasteiger partial charge in [-0.2, -0.15) is 13.2 Å². The molecule has 176 valence electrons. The first-order valence-corrected chi connectivity index (χ1v) is 11.0. The van der Waals surface area contributed by atoms with Gasteiger partial charge in [-0.3, -0.25) is 4.79 Å². The highest BCUT2D eigenvalue weighted by atomic mass is 19.4. The van der Waals surface area contributed by atoms with Gasteiger partial charge in [0, 0.05) is 28.1 Å². The van der Waals surface area contributed by atoms with E-state index in [1.54, 1.807) is 48.5 Å². The summed E-state index contributed by atoms with van der Waals surface area (Å²) in [5.41, 5.74) is -2.52. The predicted molar refractivity (Wildman–Crippen MR) is 122 cm³/mol. The minimum Gasteiger partial charge on any atom is -0.493 e. The van der Waals surface area contributed by atoms with Crippen LogP contribution in [-0.2, 0) is 5.41 Å². The molecule has 0 spiro atoms. The lowest BCUT2D eigenvalue weighted by Crippen LogP contribution is -2.55. The summed E-state index contributed by atoms with van der Waals surface area (Å²) in [6, 6.07) is 15.0. The number of aromatic nitrogens is 1. The van der Waals surface area contributed by atoms with Gasteiger partial charge in [-0.1, -0.05) is 37.6 Å². The normalized spacial score (nSPS) is 20.0. The first kappa shape index (κ1) is 23.2. The second-order valence-corrected chi connectivity index (χ2v) is 8.77. The summed E-state index contributed by atoms with van der Waals surface area (Å²) in [5.74, 6) is 0.577. The van der Waals surface area contributed by atoms with Crippen LogP contribution >= 0.6 is 0 Å². The zero-order valence-corrected chi connectivity index (χ0v) is 18.3. The summed E-state index contributed by atoms with van der Waals surface area (Å²) in [6.45, 7) is 1.51. The fourth-order valence-corrected chi connectivity index (χ4v) is 4.94. The van der Waals surface area contributed by atoms with Gasteiger partial charge in [0.25, 0.3) is 0 Å². The Kier molecular flexibility index (Phi) is 6.14. The number of nitrogens with one attached hydrogen (secondary N) is 2. The highest BCUT2D eigenvalue weighted by Crippen LogP contribution is 2.50. The fraction of sp³-hybridized carbons (Fsp3) is 0.400. The number of pyridine rings is 1. The molecule has 0 fully saturated rings. The maximum atomic E-state index is 14.3. The summed E-state index contributed by atoms with van der Waals surface area (Å²) < 4.78 is 48.7. The Hall–Kier alpha value is -3.00. The summed E-state index contributed by atoms with van der Waals surface area (Å²) >= 11 is 0. The molecule has 1 aromatic heterocycles. The van der Waals surface area contributed by atoms with Crippen LogP contribution in [0.3, 0.4) is 0 Å². The number of benzene rings is 2. The van der Waals surface area contributed by atoms with E-state index in [9.17, 15) is 23.1 Å². The molecule has 0 radical (unpaired) electrons. The standard InChI is InChI=1S/C25H27F3N2O3/c1-2-12-23(13-14-33-21-9-4-3-6-18(21)23)15-24(32,25(26,27)28)16-29-19-7-5-8-20-17(19)10-11-22(31)30-20/h3-11,29,32H,2,12-16H2,1H3,(H,30,31). The van der Waals surface area contributed by atoms with Gasteiger partial charge < -0.3 is 20.1 Å². The van der Waals surface area contributed by atoms with Gasteiger partial charge >= 0.3 is 6.18 Å². The lowest BCUT2D eigenvalue weighted by atomic mass is 9.66. The molecule has 2 heterocycles. The number of aliphatic hydroxyl groups is 1. The van der Waals surface area contributed by atoms with Crippen molar-refractivity contribution in [3.63, 3.8) is 0 Å². The summed E-state index contributed by atoms with van der Waals surface area (Å²) in [5, 5.41) is 14.5. The molecule has 0 saturated heterocycles. The SMILES string of the molecule is CCCC1(CC(O)(CNc2cccc3[nH]c(=O)ccc23)C(F)(F)F)CCOc2ccccc21. The Morgan fingerprint density at radius 3 is 2.67 bits per heavy atom. The molecule has 3 N–H and O–H groups in total. The van der Waals surface area contributed by atoms with Crippen LogP contribution in [0, 0.1) is 0 Å². The van der Waals surface area contributed by atoms with Crippen molar-refractivity contribution in [1.82, 2.24) is 4.98 Å². The van der Waals surface area contributed by atoms with Gasteiger partial charge in [-0.25, -0.2) is 0 Å².